The molecule has 0 unspecified atom stereocenters. The molecule has 0 bridgehead atoms. The molecule has 10 nitrogen and oxygen atoms in total. The maximum absolute atomic E-state index is 5.50. The summed E-state index contributed by atoms with van der Waals surface area (Å²) in [4.78, 5) is 23.5. The summed E-state index contributed by atoms with van der Waals surface area (Å²) in [7, 11) is 0. The van der Waals surface area contributed by atoms with E-state index in [9.17, 15) is 0 Å². The maximum atomic E-state index is 5.50. The molecule has 0 amide bonds. The van der Waals surface area contributed by atoms with Gasteiger partial charge in [0.25, 0.3) is 0 Å². The van der Waals surface area contributed by atoms with Gasteiger partial charge in [-0.2, -0.15) is 41.7 Å². The fraction of sp³-hybridized carbons (Fsp3) is 0.400. The molecule has 0 saturated heterocycles. The van der Waals surface area contributed by atoms with Crippen molar-refractivity contribution in [2.45, 2.75) is 12.8 Å². The van der Waals surface area contributed by atoms with Crippen LogP contribution < -0.4 is 22.9 Å². The third-order valence-corrected chi connectivity index (χ3v) is 3.36. The monoisotopic (exact) mass is 308 g/mol. The molecule has 2 rings (SSSR count). The average Bonchev–Trinajstić information content (AvgIpc) is 2.36. The molecular weight excluding hydrogens is 292 g/mol. The molecule has 0 radical (unpaired) electrons. The summed E-state index contributed by atoms with van der Waals surface area (Å²) in [6.45, 7) is 0. The number of aryl methyl sites for hydroxylation is 2. The fourth-order valence-corrected chi connectivity index (χ4v) is 2.42. The van der Waals surface area contributed by atoms with Crippen molar-refractivity contribution in [2.75, 3.05) is 34.4 Å². The summed E-state index contributed by atoms with van der Waals surface area (Å²) in [5.41, 5.74) is 22.0. The van der Waals surface area contributed by atoms with E-state index in [0.717, 1.165) is 11.5 Å². The molecule has 0 aliphatic heterocycles. The van der Waals surface area contributed by atoms with Crippen LogP contribution in [0.3, 0.4) is 0 Å². The van der Waals surface area contributed by atoms with Crippen LogP contribution in [0.25, 0.3) is 0 Å². The van der Waals surface area contributed by atoms with Gasteiger partial charge in [-0.1, -0.05) is 0 Å². The minimum absolute atomic E-state index is 0.138. The van der Waals surface area contributed by atoms with Gasteiger partial charge in [0.05, 0.1) is 0 Å². The number of hydrogen-bond donors (Lipinski definition) is 4. The highest BCUT2D eigenvalue weighted by atomic mass is 32.2. The van der Waals surface area contributed by atoms with Crippen LogP contribution in [0.4, 0.5) is 23.8 Å². The number of hydrogen-bond acceptors (Lipinski definition) is 11. The summed E-state index contributed by atoms with van der Waals surface area (Å²) in [5.74, 6) is 3.36. The van der Waals surface area contributed by atoms with Crippen LogP contribution in [-0.4, -0.2) is 41.4 Å². The number of nitrogen functional groups attached to an aromatic ring is 4. The normalized spacial score (nSPS) is 10.7. The Hall–Kier alpha value is -2.43. The molecule has 112 valence electrons. The molecule has 0 aliphatic rings. The van der Waals surface area contributed by atoms with Crippen LogP contribution in [0.15, 0.2) is 0 Å². The number of aromatic nitrogens is 6. The Morgan fingerprint density at radius 2 is 0.905 bits per heavy atom. The van der Waals surface area contributed by atoms with E-state index < -0.39 is 0 Å². The van der Waals surface area contributed by atoms with E-state index in [0.29, 0.717) is 24.5 Å². The van der Waals surface area contributed by atoms with Crippen LogP contribution in [0.1, 0.15) is 11.6 Å². The van der Waals surface area contributed by atoms with Gasteiger partial charge in [-0.15, -0.1) is 0 Å². The quantitative estimate of drug-likeness (QED) is 0.475. The maximum Gasteiger partial charge on any atom is 0.225 e. The van der Waals surface area contributed by atoms with E-state index in [2.05, 4.69) is 29.9 Å². The van der Waals surface area contributed by atoms with Gasteiger partial charge in [0.15, 0.2) is 0 Å². The van der Waals surface area contributed by atoms with E-state index in [4.69, 9.17) is 22.9 Å². The zero-order valence-corrected chi connectivity index (χ0v) is 12.0. The zero-order valence-electron chi connectivity index (χ0n) is 11.2. The van der Waals surface area contributed by atoms with Crippen molar-refractivity contribution >= 4 is 35.6 Å². The smallest absolute Gasteiger partial charge is 0.225 e. The second kappa shape index (κ2) is 6.83. The Kier molecular flexibility index (Phi) is 4.87. The van der Waals surface area contributed by atoms with E-state index in [-0.39, 0.29) is 23.8 Å². The molecule has 0 aliphatic carbocycles. The third-order valence-electron chi connectivity index (χ3n) is 2.37. The number of nitrogens with two attached hydrogens (primary N) is 4. The minimum Gasteiger partial charge on any atom is -0.368 e. The highest BCUT2D eigenvalue weighted by Gasteiger charge is 2.04. The summed E-state index contributed by atoms with van der Waals surface area (Å²) >= 11 is 1.70. The molecule has 2 aromatic rings. The first-order chi connectivity index (χ1) is 10.0. The second-order valence-corrected chi connectivity index (χ2v) is 5.27. The van der Waals surface area contributed by atoms with Gasteiger partial charge >= 0.3 is 0 Å². The molecule has 21 heavy (non-hydrogen) atoms. The van der Waals surface area contributed by atoms with Crippen molar-refractivity contribution in [2.24, 2.45) is 0 Å². The zero-order chi connectivity index (χ0) is 15.2. The molecular formula is C10H16N10S. The third kappa shape index (κ3) is 4.87. The number of thioether (sulfide) groups is 1. The van der Waals surface area contributed by atoms with Crippen LogP contribution in [0.5, 0.6) is 0 Å². The lowest BCUT2D eigenvalue weighted by atomic mass is 10.4. The standard InChI is InChI=1S/C10H16N10S/c11-7-15-5(16-8(12)19-7)1-3-21-4-2-6-17-9(13)20-10(14)18-6/h1-4H2,(H4,11,12,15,16,19)(H4,13,14,17,18,20). The van der Waals surface area contributed by atoms with Crippen molar-refractivity contribution in [3.05, 3.63) is 11.6 Å². The molecule has 2 heterocycles. The predicted octanol–water partition coefficient (Wildman–Crippen LogP) is -1.10. The van der Waals surface area contributed by atoms with Gasteiger partial charge in [0.2, 0.25) is 23.8 Å². The predicted molar refractivity (Wildman–Crippen MR) is 82.0 cm³/mol. The molecule has 0 saturated carbocycles. The molecule has 2 aromatic heterocycles. The van der Waals surface area contributed by atoms with E-state index in [1.807, 2.05) is 0 Å². The first-order valence-electron chi connectivity index (χ1n) is 6.12. The Bertz CT molecular complexity index is 525. The number of nitrogens with zero attached hydrogens (tertiary/aromatic N) is 6. The van der Waals surface area contributed by atoms with Gasteiger partial charge in [-0.05, 0) is 0 Å². The highest BCUT2D eigenvalue weighted by molar-refractivity contribution is 7.99. The van der Waals surface area contributed by atoms with E-state index in [1.165, 1.54) is 0 Å². The van der Waals surface area contributed by atoms with Gasteiger partial charge in [0.1, 0.15) is 11.6 Å². The second-order valence-electron chi connectivity index (χ2n) is 4.05. The molecule has 8 N–H and O–H groups in total. The van der Waals surface area contributed by atoms with Crippen LogP contribution in [-0.2, 0) is 12.8 Å². The topological polar surface area (TPSA) is 181 Å². The SMILES string of the molecule is Nc1nc(N)nc(CCSCCc2nc(N)nc(N)n2)n1. The number of anilines is 4. The van der Waals surface area contributed by atoms with Crippen LogP contribution in [0.2, 0.25) is 0 Å². The first kappa shape index (κ1) is 15.0. The molecule has 0 aromatic carbocycles. The first-order valence-corrected chi connectivity index (χ1v) is 7.28. The molecule has 11 heteroatoms. The van der Waals surface area contributed by atoms with Gasteiger partial charge in [-0.25, -0.2) is 0 Å². The van der Waals surface area contributed by atoms with E-state index >= 15 is 0 Å². The van der Waals surface area contributed by atoms with Crippen molar-refractivity contribution in [1.29, 1.82) is 0 Å². The lowest BCUT2D eigenvalue weighted by molar-refractivity contribution is 0.912. The van der Waals surface area contributed by atoms with Crippen molar-refractivity contribution < 1.29 is 0 Å². The van der Waals surface area contributed by atoms with Crippen molar-refractivity contribution in [3.8, 4) is 0 Å². The Balaban J connectivity index is 1.74. The average molecular weight is 308 g/mol. The van der Waals surface area contributed by atoms with Gasteiger partial charge < -0.3 is 22.9 Å². The van der Waals surface area contributed by atoms with Crippen molar-refractivity contribution in [1.82, 2.24) is 29.9 Å². The summed E-state index contributed by atoms with van der Waals surface area (Å²) < 4.78 is 0. The highest BCUT2D eigenvalue weighted by Crippen LogP contribution is 2.08. The minimum atomic E-state index is 0.138. The lowest BCUT2D eigenvalue weighted by Crippen LogP contribution is -2.08. The van der Waals surface area contributed by atoms with Crippen LogP contribution in [0, 0.1) is 0 Å². The summed E-state index contributed by atoms with van der Waals surface area (Å²) in [6.07, 6.45) is 1.31. The van der Waals surface area contributed by atoms with Gasteiger partial charge in [0, 0.05) is 24.3 Å². The van der Waals surface area contributed by atoms with Gasteiger partial charge in [-0.3, -0.25) is 0 Å². The lowest BCUT2D eigenvalue weighted by Gasteiger charge is -2.03. The largest absolute Gasteiger partial charge is 0.368 e. The fourth-order valence-electron chi connectivity index (χ4n) is 1.57. The molecule has 0 fully saturated rings. The van der Waals surface area contributed by atoms with Crippen molar-refractivity contribution in [3.63, 3.8) is 0 Å². The molecule has 0 spiro atoms. The number of rotatable bonds is 6. The van der Waals surface area contributed by atoms with Crippen LogP contribution >= 0.6 is 11.8 Å². The Morgan fingerprint density at radius 1 is 0.571 bits per heavy atom. The summed E-state index contributed by atoms with van der Waals surface area (Å²) in [6, 6.07) is 0. The Morgan fingerprint density at radius 3 is 1.24 bits per heavy atom. The van der Waals surface area contributed by atoms with E-state index in [1.54, 1.807) is 11.8 Å². The summed E-state index contributed by atoms with van der Waals surface area (Å²) in [5, 5.41) is 0. The Labute approximate surface area is 125 Å². The molecule has 0 atom stereocenters.